The molecule has 1 aromatic carbocycles. The minimum absolute atomic E-state index is 0. The van der Waals surface area contributed by atoms with Crippen LogP contribution in [0.1, 0.15) is 12.8 Å². The van der Waals surface area contributed by atoms with Gasteiger partial charge in [0.1, 0.15) is 5.82 Å². The maximum absolute atomic E-state index is 12.9. The number of carbonyl (C=O) groups is 2. The third kappa shape index (κ3) is 6.28. The first-order chi connectivity index (χ1) is 12.5. The highest BCUT2D eigenvalue weighted by Gasteiger charge is 2.39. The molecule has 158 valence electrons. The zero-order valence-corrected chi connectivity index (χ0v) is 17.2. The molecule has 2 aliphatic rings. The van der Waals surface area contributed by atoms with Crippen LogP contribution in [0.4, 0.5) is 10.1 Å². The minimum atomic E-state index is -0.819. The Kier molecular flexibility index (Phi) is 9.59. The van der Waals surface area contributed by atoms with Crippen molar-refractivity contribution in [3.05, 3.63) is 30.1 Å². The molecule has 3 N–H and O–H groups in total. The van der Waals surface area contributed by atoms with Crippen LogP contribution in [0.25, 0.3) is 0 Å². The quantitative estimate of drug-likeness (QED) is 0.741. The second kappa shape index (κ2) is 10.9. The molecule has 2 heterocycles. The molecule has 2 saturated heterocycles. The summed E-state index contributed by atoms with van der Waals surface area (Å²) in [6.07, 6.45) is 1.10. The monoisotopic (exact) mass is 436 g/mol. The van der Waals surface area contributed by atoms with Crippen molar-refractivity contribution in [3.63, 3.8) is 0 Å². The van der Waals surface area contributed by atoms with Crippen molar-refractivity contribution < 1.29 is 18.7 Å². The maximum Gasteiger partial charge on any atom is 0.242 e. The number of ether oxygens (including phenoxy) is 1. The van der Waals surface area contributed by atoms with Crippen molar-refractivity contribution in [2.45, 2.75) is 18.4 Å². The standard InChI is InChI=1S/C18H25FN4O3.2ClH/c19-14-1-3-15(4-2-14)21-16(24)13-22-7-9-23(10-8-22)17(25)18(20)5-11-26-12-6-18;;/h1-4H,5-13,20H2,(H,21,24);2*1H. The van der Waals surface area contributed by atoms with E-state index in [0.29, 0.717) is 57.9 Å². The number of nitrogens with one attached hydrogen (secondary N) is 1. The molecule has 3 rings (SSSR count). The average molecular weight is 437 g/mol. The van der Waals surface area contributed by atoms with E-state index in [1.807, 2.05) is 4.90 Å². The number of nitrogens with zero attached hydrogens (tertiary/aromatic N) is 2. The molecule has 0 bridgehead atoms. The first kappa shape index (κ1) is 24.6. The summed E-state index contributed by atoms with van der Waals surface area (Å²) in [7, 11) is 0. The lowest BCUT2D eigenvalue weighted by Crippen LogP contribution is -2.61. The zero-order chi connectivity index (χ0) is 18.6. The maximum atomic E-state index is 12.9. The van der Waals surface area contributed by atoms with Gasteiger partial charge in [-0.2, -0.15) is 0 Å². The number of hydrogen-bond donors (Lipinski definition) is 2. The summed E-state index contributed by atoms with van der Waals surface area (Å²) in [5.41, 5.74) is 6.02. The Labute approximate surface area is 176 Å². The molecule has 28 heavy (non-hydrogen) atoms. The summed E-state index contributed by atoms with van der Waals surface area (Å²) in [4.78, 5) is 28.6. The van der Waals surface area contributed by atoms with Gasteiger partial charge >= 0.3 is 0 Å². The molecule has 1 aromatic rings. The Morgan fingerprint density at radius 2 is 1.64 bits per heavy atom. The Morgan fingerprint density at radius 3 is 2.21 bits per heavy atom. The lowest BCUT2D eigenvalue weighted by atomic mass is 9.89. The van der Waals surface area contributed by atoms with E-state index < -0.39 is 5.54 Å². The van der Waals surface area contributed by atoms with Gasteiger partial charge in [-0.1, -0.05) is 0 Å². The molecule has 0 saturated carbocycles. The topological polar surface area (TPSA) is 87.9 Å². The number of halogens is 3. The Hall–Kier alpha value is -1.45. The van der Waals surface area contributed by atoms with E-state index >= 15 is 0 Å². The number of benzene rings is 1. The number of amides is 2. The second-order valence-corrected chi connectivity index (χ2v) is 6.89. The predicted molar refractivity (Wildman–Crippen MR) is 110 cm³/mol. The predicted octanol–water partition coefficient (Wildman–Crippen LogP) is 1.26. The average Bonchev–Trinajstić information content (AvgIpc) is 2.64. The van der Waals surface area contributed by atoms with Crippen LogP contribution < -0.4 is 11.1 Å². The number of nitrogens with two attached hydrogens (primary N) is 1. The van der Waals surface area contributed by atoms with Crippen LogP contribution in [0, 0.1) is 5.82 Å². The molecule has 0 unspecified atom stereocenters. The molecule has 0 radical (unpaired) electrons. The fraction of sp³-hybridized carbons (Fsp3) is 0.556. The number of hydrogen-bond acceptors (Lipinski definition) is 5. The van der Waals surface area contributed by atoms with E-state index in [4.69, 9.17) is 10.5 Å². The number of rotatable bonds is 4. The summed E-state index contributed by atoms with van der Waals surface area (Å²) in [5, 5.41) is 2.75. The van der Waals surface area contributed by atoms with Crippen LogP contribution in [0.3, 0.4) is 0 Å². The van der Waals surface area contributed by atoms with E-state index in [1.54, 1.807) is 4.90 Å². The van der Waals surface area contributed by atoms with Crippen LogP contribution in [0.2, 0.25) is 0 Å². The summed E-state index contributed by atoms with van der Waals surface area (Å²) in [6.45, 7) is 3.63. The molecule has 10 heteroatoms. The van der Waals surface area contributed by atoms with Gasteiger partial charge < -0.3 is 20.7 Å². The van der Waals surface area contributed by atoms with Crippen molar-refractivity contribution >= 4 is 42.3 Å². The molecular formula is C18H27Cl2FN4O3. The van der Waals surface area contributed by atoms with Crippen molar-refractivity contribution in [1.29, 1.82) is 0 Å². The van der Waals surface area contributed by atoms with Gasteiger partial charge in [-0.15, -0.1) is 24.8 Å². The van der Waals surface area contributed by atoms with Gasteiger partial charge in [-0.05, 0) is 37.1 Å². The van der Waals surface area contributed by atoms with Gasteiger partial charge in [0, 0.05) is 45.1 Å². The van der Waals surface area contributed by atoms with Gasteiger partial charge in [-0.3, -0.25) is 14.5 Å². The molecular weight excluding hydrogens is 410 g/mol. The molecule has 0 atom stereocenters. The number of carbonyl (C=O) groups excluding carboxylic acids is 2. The highest BCUT2D eigenvalue weighted by atomic mass is 35.5. The lowest BCUT2D eigenvalue weighted by molar-refractivity contribution is -0.142. The van der Waals surface area contributed by atoms with Gasteiger partial charge in [0.25, 0.3) is 0 Å². The van der Waals surface area contributed by atoms with Gasteiger partial charge in [0.2, 0.25) is 11.8 Å². The van der Waals surface area contributed by atoms with E-state index in [2.05, 4.69) is 5.32 Å². The Bertz CT molecular complexity index is 649. The minimum Gasteiger partial charge on any atom is -0.381 e. The summed E-state index contributed by atoms with van der Waals surface area (Å²) in [6, 6.07) is 5.66. The third-order valence-electron chi connectivity index (χ3n) is 4.97. The van der Waals surface area contributed by atoms with Crippen molar-refractivity contribution in [3.8, 4) is 0 Å². The van der Waals surface area contributed by atoms with Gasteiger partial charge in [0.05, 0.1) is 12.1 Å². The Balaban J connectivity index is 0.00000196. The highest BCUT2D eigenvalue weighted by Crippen LogP contribution is 2.21. The molecule has 2 amide bonds. The van der Waals surface area contributed by atoms with Crippen molar-refractivity contribution in [2.24, 2.45) is 5.73 Å². The molecule has 0 aromatic heterocycles. The first-order valence-electron chi connectivity index (χ1n) is 8.90. The van der Waals surface area contributed by atoms with Crippen molar-refractivity contribution in [1.82, 2.24) is 9.80 Å². The molecule has 0 spiro atoms. The van der Waals surface area contributed by atoms with E-state index in [-0.39, 0.29) is 49.0 Å². The SMILES string of the molecule is Cl.Cl.NC1(C(=O)N2CCN(CC(=O)Nc3ccc(F)cc3)CC2)CCOCC1. The summed E-state index contributed by atoms with van der Waals surface area (Å²) in [5.74, 6) is -0.515. The van der Waals surface area contributed by atoms with E-state index in [9.17, 15) is 14.0 Å². The fourth-order valence-electron chi connectivity index (χ4n) is 3.31. The molecule has 7 nitrogen and oxygen atoms in total. The zero-order valence-electron chi connectivity index (χ0n) is 15.6. The normalized spacial score (nSPS) is 19.1. The van der Waals surface area contributed by atoms with E-state index in [0.717, 1.165) is 0 Å². The largest absolute Gasteiger partial charge is 0.381 e. The smallest absolute Gasteiger partial charge is 0.242 e. The summed E-state index contributed by atoms with van der Waals surface area (Å²) >= 11 is 0. The molecule has 0 aliphatic carbocycles. The van der Waals surface area contributed by atoms with Crippen molar-refractivity contribution in [2.75, 3.05) is 51.3 Å². The first-order valence-corrected chi connectivity index (χ1v) is 8.90. The molecule has 2 aliphatic heterocycles. The van der Waals surface area contributed by atoms with Crippen LogP contribution in [-0.2, 0) is 14.3 Å². The van der Waals surface area contributed by atoms with Gasteiger partial charge in [-0.25, -0.2) is 4.39 Å². The fourth-order valence-corrected chi connectivity index (χ4v) is 3.31. The second-order valence-electron chi connectivity index (χ2n) is 6.89. The number of anilines is 1. The van der Waals surface area contributed by atoms with E-state index in [1.165, 1.54) is 24.3 Å². The lowest BCUT2D eigenvalue weighted by Gasteiger charge is -2.40. The van der Waals surface area contributed by atoms with Gasteiger partial charge in [0.15, 0.2) is 0 Å². The van der Waals surface area contributed by atoms with Crippen LogP contribution in [0.5, 0.6) is 0 Å². The third-order valence-corrected chi connectivity index (χ3v) is 4.97. The Morgan fingerprint density at radius 1 is 1.07 bits per heavy atom. The summed E-state index contributed by atoms with van der Waals surface area (Å²) < 4.78 is 18.2. The number of piperazine rings is 1. The molecule has 2 fully saturated rings. The highest BCUT2D eigenvalue weighted by molar-refractivity contribution is 5.92. The van der Waals surface area contributed by atoms with Crippen LogP contribution >= 0.6 is 24.8 Å². The van der Waals surface area contributed by atoms with Crippen LogP contribution in [-0.4, -0.2) is 73.1 Å². The van der Waals surface area contributed by atoms with Crippen LogP contribution in [0.15, 0.2) is 24.3 Å².